The summed E-state index contributed by atoms with van der Waals surface area (Å²) in [4.78, 5) is 19.8. The van der Waals surface area contributed by atoms with Crippen molar-refractivity contribution in [2.45, 2.75) is 6.42 Å². The number of amides is 1. The van der Waals surface area contributed by atoms with E-state index in [1.165, 1.54) is 0 Å². The molecule has 2 rings (SSSR count). The summed E-state index contributed by atoms with van der Waals surface area (Å²) in [6.45, 7) is 0.585. The lowest BCUT2D eigenvalue weighted by Gasteiger charge is -2.22. The first kappa shape index (κ1) is 11.5. The van der Waals surface area contributed by atoms with Crippen LogP contribution in [0.3, 0.4) is 0 Å². The Hall–Kier alpha value is -2.02. The molecule has 0 saturated carbocycles. The molecule has 1 saturated heterocycles. The SMILES string of the molecule is C#CC1CC(=O)N(c2cccnc2N(C)C)C1. The van der Waals surface area contributed by atoms with Gasteiger partial charge in [-0.05, 0) is 12.1 Å². The van der Waals surface area contributed by atoms with Gasteiger partial charge in [0.25, 0.3) is 0 Å². The van der Waals surface area contributed by atoms with E-state index in [-0.39, 0.29) is 11.8 Å². The Morgan fingerprint density at radius 1 is 1.59 bits per heavy atom. The van der Waals surface area contributed by atoms with Crippen LogP contribution in [0.1, 0.15) is 6.42 Å². The second-order valence-corrected chi connectivity index (χ2v) is 4.31. The molecule has 88 valence electrons. The molecule has 0 spiro atoms. The van der Waals surface area contributed by atoms with Gasteiger partial charge in [0.2, 0.25) is 5.91 Å². The van der Waals surface area contributed by atoms with E-state index in [1.54, 1.807) is 11.1 Å². The van der Waals surface area contributed by atoms with Crippen molar-refractivity contribution >= 4 is 17.4 Å². The predicted molar refractivity (Wildman–Crippen MR) is 67.9 cm³/mol. The zero-order valence-electron chi connectivity index (χ0n) is 10.1. The summed E-state index contributed by atoms with van der Waals surface area (Å²) >= 11 is 0. The molecular formula is C13H15N3O. The van der Waals surface area contributed by atoms with E-state index in [0.29, 0.717) is 13.0 Å². The van der Waals surface area contributed by atoms with Crippen LogP contribution >= 0.6 is 0 Å². The number of terminal acetylenes is 1. The summed E-state index contributed by atoms with van der Waals surface area (Å²) in [5.41, 5.74) is 0.834. The van der Waals surface area contributed by atoms with E-state index in [4.69, 9.17) is 6.42 Å². The molecule has 2 heterocycles. The van der Waals surface area contributed by atoms with Crippen molar-refractivity contribution in [3.05, 3.63) is 18.3 Å². The summed E-state index contributed by atoms with van der Waals surface area (Å²) in [6, 6.07) is 3.73. The number of nitrogens with zero attached hydrogens (tertiary/aromatic N) is 3. The third-order valence-electron chi connectivity index (χ3n) is 2.84. The van der Waals surface area contributed by atoms with Gasteiger partial charge in [-0.3, -0.25) is 4.79 Å². The van der Waals surface area contributed by atoms with Gasteiger partial charge in [0.15, 0.2) is 5.82 Å². The Morgan fingerprint density at radius 3 is 2.94 bits per heavy atom. The van der Waals surface area contributed by atoms with Gasteiger partial charge < -0.3 is 9.80 Å². The average Bonchev–Trinajstić information content (AvgIpc) is 2.70. The van der Waals surface area contributed by atoms with Crippen LogP contribution in [0.5, 0.6) is 0 Å². The van der Waals surface area contributed by atoms with Gasteiger partial charge >= 0.3 is 0 Å². The Morgan fingerprint density at radius 2 is 2.35 bits per heavy atom. The number of aromatic nitrogens is 1. The number of pyridine rings is 1. The summed E-state index contributed by atoms with van der Waals surface area (Å²) in [5, 5.41) is 0. The van der Waals surface area contributed by atoms with Crippen molar-refractivity contribution in [3.63, 3.8) is 0 Å². The van der Waals surface area contributed by atoms with Gasteiger partial charge in [0, 0.05) is 39.2 Å². The number of anilines is 2. The van der Waals surface area contributed by atoms with E-state index in [2.05, 4.69) is 10.9 Å². The van der Waals surface area contributed by atoms with Crippen molar-refractivity contribution in [2.75, 3.05) is 30.4 Å². The minimum absolute atomic E-state index is 0.0118. The Balaban J connectivity index is 2.35. The Bertz CT molecular complexity index is 476. The molecule has 4 nitrogen and oxygen atoms in total. The van der Waals surface area contributed by atoms with Crippen molar-refractivity contribution in [3.8, 4) is 12.3 Å². The monoisotopic (exact) mass is 229 g/mol. The van der Waals surface area contributed by atoms with Crippen molar-refractivity contribution in [2.24, 2.45) is 5.92 Å². The van der Waals surface area contributed by atoms with E-state index in [0.717, 1.165) is 11.5 Å². The molecule has 4 heteroatoms. The molecule has 0 radical (unpaired) electrons. The summed E-state index contributed by atoms with van der Waals surface area (Å²) in [6.07, 6.45) is 7.53. The zero-order valence-corrected chi connectivity index (χ0v) is 10.1. The maximum absolute atomic E-state index is 11.9. The lowest BCUT2D eigenvalue weighted by molar-refractivity contribution is -0.117. The van der Waals surface area contributed by atoms with Crippen molar-refractivity contribution in [1.29, 1.82) is 0 Å². The Kier molecular flexibility index (Phi) is 3.01. The fourth-order valence-corrected chi connectivity index (χ4v) is 2.00. The number of carbonyl (C=O) groups excluding carboxylic acids is 1. The first-order valence-corrected chi connectivity index (χ1v) is 5.52. The maximum Gasteiger partial charge on any atom is 0.228 e. The van der Waals surface area contributed by atoms with Gasteiger partial charge in [-0.1, -0.05) is 0 Å². The normalized spacial score (nSPS) is 19.2. The highest BCUT2D eigenvalue weighted by Gasteiger charge is 2.31. The topological polar surface area (TPSA) is 36.4 Å². The minimum atomic E-state index is 0.0118. The highest BCUT2D eigenvalue weighted by atomic mass is 16.2. The number of carbonyl (C=O) groups is 1. The molecular weight excluding hydrogens is 214 g/mol. The van der Waals surface area contributed by atoms with Gasteiger partial charge in [0.1, 0.15) is 0 Å². The number of hydrogen-bond donors (Lipinski definition) is 0. The molecule has 0 bridgehead atoms. The van der Waals surface area contributed by atoms with Crippen LogP contribution in [-0.4, -0.2) is 31.5 Å². The van der Waals surface area contributed by atoms with Gasteiger partial charge in [0.05, 0.1) is 5.69 Å². The standard InChI is InChI=1S/C13H15N3O/c1-4-10-8-12(17)16(9-10)11-6-5-7-14-13(11)15(2)3/h1,5-7,10H,8-9H2,2-3H3. The van der Waals surface area contributed by atoms with Crippen LogP contribution in [0, 0.1) is 18.3 Å². The van der Waals surface area contributed by atoms with Crippen LogP contribution in [0.4, 0.5) is 11.5 Å². The van der Waals surface area contributed by atoms with E-state index in [9.17, 15) is 4.79 Å². The van der Waals surface area contributed by atoms with E-state index >= 15 is 0 Å². The second kappa shape index (κ2) is 4.46. The second-order valence-electron chi connectivity index (χ2n) is 4.31. The van der Waals surface area contributed by atoms with Crippen molar-refractivity contribution in [1.82, 2.24) is 4.98 Å². The molecule has 0 aliphatic carbocycles. The summed E-state index contributed by atoms with van der Waals surface area (Å²) in [7, 11) is 3.82. The molecule has 1 amide bonds. The molecule has 1 aliphatic heterocycles. The molecule has 0 N–H and O–H groups in total. The number of rotatable bonds is 2. The van der Waals surface area contributed by atoms with Crippen LogP contribution in [0.25, 0.3) is 0 Å². The van der Waals surface area contributed by atoms with Gasteiger partial charge in [-0.2, -0.15) is 0 Å². The first-order chi connectivity index (χ1) is 8.13. The largest absolute Gasteiger partial charge is 0.361 e. The van der Waals surface area contributed by atoms with Gasteiger partial charge in [-0.25, -0.2) is 4.98 Å². The smallest absolute Gasteiger partial charge is 0.228 e. The van der Waals surface area contributed by atoms with E-state index < -0.39 is 0 Å². The predicted octanol–water partition coefficient (Wildman–Crippen LogP) is 1.13. The molecule has 1 unspecified atom stereocenters. The summed E-state index contributed by atoms with van der Waals surface area (Å²) < 4.78 is 0. The van der Waals surface area contributed by atoms with Crippen LogP contribution in [0.15, 0.2) is 18.3 Å². The molecule has 17 heavy (non-hydrogen) atoms. The third-order valence-corrected chi connectivity index (χ3v) is 2.84. The van der Waals surface area contributed by atoms with E-state index in [1.807, 2.05) is 31.1 Å². The van der Waals surface area contributed by atoms with Crippen LogP contribution in [-0.2, 0) is 4.79 Å². The molecule has 1 aromatic heterocycles. The molecule has 1 aliphatic rings. The third kappa shape index (κ3) is 2.09. The molecule has 1 aromatic rings. The lowest BCUT2D eigenvalue weighted by atomic mass is 10.1. The molecule has 0 aromatic carbocycles. The molecule has 1 atom stereocenters. The Labute approximate surface area is 101 Å². The zero-order chi connectivity index (χ0) is 12.4. The summed E-state index contributed by atoms with van der Waals surface area (Å²) in [5.74, 6) is 3.52. The quantitative estimate of drug-likeness (QED) is 0.713. The van der Waals surface area contributed by atoms with Gasteiger partial charge in [-0.15, -0.1) is 12.3 Å². The fraction of sp³-hybridized carbons (Fsp3) is 0.385. The minimum Gasteiger partial charge on any atom is -0.361 e. The first-order valence-electron chi connectivity index (χ1n) is 5.52. The highest BCUT2D eigenvalue weighted by molar-refractivity contribution is 5.98. The lowest BCUT2D eigenvalue weighted by Crippen LogP contribution is -2.27. The molecule has 1 fully saturated rings. The maximum atomic E-state index is 11.9. The fourth-order valence-electron chi connectivity index (χ4n) is 2.00. The van der Waals surface area contributed by atoms with Crippen molar-refractivity contribution < 1.29 is 4.79 Å². The number of hydrogen-bond acceptors (Lipinski definition) is 3. The highest BCUT2D eigenvalue weighted by Crippen LogP contribution is 2.30. The van der Waals surface area contributed by atoms with Crippen LogP contribution in [0.2, 0.25) is 0 Å². The average molecular weight is 229 g/mol. The van der Waals surface area contributed by atoms with Crippen LogP contribution < -0.4 is 9.80 Å².